The summed E-state index contributed by atoms with van der Waals surface area (Å²) >= 11 is 0. The number of alkyl halides is 1. The first-order valence-corrected chi connectivity index (χ1v) is 3.89. The average Bonchev–Trinajstić information content (AvgIpc) is 1.85. The van der Waals surface area contributed by atoms with Gasteiger partial charge in [-0.25, -0.2) is 4.39 Å². The molecule has 0 nitrogen and oxygen atoms in total. The Morgan fingerprint density at radius 1 is 1.50 bits per heavy atom. The van der Waals surface area contributed by atoms with E-state index in [0.717, 1.165) is 12.0 Å². The van der Waals surface area contributed by atoms with E-state index >= 15 is 0 Å². The lowest BCUT2D eigenvalue weighted by Gasteiger charge is -2.12. The van der Waals surface area contributed by atoms with Crippen LogP contribution in [0.1, 0.15) is 33.6 Å². The molecule has 0 amide bonds. The van der Waals surface area contributed by atoms with Gasteiger partial charge in [-0.2, -0.15) is 0 Å². The van der Waals surface area contributed by atoms with Crippen molar-refractivity contribution in [2.75, 3.05) is 0 Å². The number of allylic oxidation sites excluding steroid dienone is 1. The minimum Gasteiger partial charge on any atom is -0.247 e. The van der Waals surface area contributed by atoms with Crippen molar-refractivity contribution in [1.82, 2.24) is 0 Å². The van der Waals surface area contributed by atoms with Gasteiger partial charge in [-0.05, 0) is 25.7 Å². The van der Waals surface area contributed by atoms with E-state index in [1.165, 1.54) is 0 Å². The third kappa shape index (κ3) is 3.65. The van der Waals surface area contributed by atoms with E-state index in [9.17, 15) is 4.39 Å². The van der Waals surface area contributed by atoms with Gasteiger partial charge in [0.05, 0.1) is 0 Å². The van der Waals surface area contributed by atoms with Crippen LogP contribution < -0.4 is 0 Å². The van der Waals surface area contributed by atoms with Gasteiger partial charge in [0, 0.05) is 0 Å². The molecule has 0 radical (unpaired) electrons. The summed E-state index contributed by atoms with van der Waals surface area (Å²) in [6, 6.07) is 0. The fourth-order valence-corrected chi connectivity index (χ4v) is 0.851. The molecule has 0 aromatic heterocycles. The summed E-state index contributed by atoms with van der Waals surface area (Å²) in [7, 11) is 0. The highest BCUT2D eigenvalue weighted by molar-refractivity contribution is 4.99. The van der Waals surface area contributed by atoms with E-state index < -0.39 is 6.17 Å². The van der Waals surface area contributed by atoms with Crippen molar-refractivity contribution in [2.24, 2.45) is 5.92 Å². The first-order valence-electron chi connectivity index (χ1n) is 3.89. The van der Waals surface area contributed by atoms with Crippen LogP contribution in [0.25, 0.3) is 0 Å². The molecule has 1 heteroatoms. The first-order chi connectivity index (χ1) is 4.57. The number of hydrogen-bond acceptors (Lipinski definition) is 0. The van der Waals surface area contributed by atoms with Crippen molar-refractivity contribution in [3.63, 3.8) is 0 Å². The van der Waals surface area contributed by atoms with Crippen molar-refractivity contribution in [1.29, 1.82) is 0 Å². The topological polar surface area (TPSA) is 0 Å². The molecule has 0 heterocycles. The molecule has 0 aromatic carbocycles. The maximum atomic E-state index is 12.4. The summed E-state index contributed by atoms with van der Waals surface area (Å²) in [5, 5.41) is 0. The van der Waals surface area contributed by atoms with E-state index in [4.69, 9.17) is 0 Å². The van der Waals surface area contributed by atoms with Crippen LogP contribution in [0, 0.1) is 5.92 Å². The Balaban J connectivity index is 3.62. The monoisotopic (exact) mass is 144 g/mol. The van der Waals surface area contributed by atoms with Crippen LogP contribution in [0.5, 0.6) is 0 Å². The van der Waals surface area contributed by atoms with Crippen molar-refractivity contribution in [3.8, 4) is 0 Å². The predicted molar refractivity (Wildman–Crippen MR) is 43.8 cm³/mol. The van der Waals surface area contributed by atoms with E-state index in [-0.39, 0.29) is 0 Å². The molecule has 1 unspecified atom stereocenters. The molecule has 0 N–H and O–H groups in total. The molecule has 10 heavy (non-hydrogen) atoms. The molecule has 2 atom stereocenters. The molecular formula is C9H17F. The zero-order valence-electron chi connectivity index (χ0n) is 7.15. The third-order valence-corrected chi connectivity index (χ3v) is 1.85. The molecule has 0 aromatic rings. The van der Waals surface area contributed by atoms with E-state index in [0.29, 0.717) is 12.3 Å². The summed E-state index contributed by atoms with van der Waals surface area (Å²) < 4.78 is 12.4. The van der Waals surface area contributed by atoms with Crippen LogP contribution >= 0.6 is 0 Å². The Morgan fingerprint density at radius 2 is 2.00 bits per heavy atom. The smallest absolute Gasteiger partial charge is 0.101 e. The summed E-state index contributed by atoms with van der Waals surface area (Å²) in [6.07, 6.45) is 0.849. The Bertz CT molecular complexity index is 105. The molecule has 0 rings (SSSR count). The molecule has 0 bridgehead atoms. The van der Waals surface area contributed by atoms with Crippen molar-refractivity contribution in [3.05, 3.63) is 12.2 Å². The molecule has 0 saturated heterocycles. The third-order valence-electron chi connectivity index (χ3n) is 1.85. The van der Waals surface area contributed by atoms with E-state index in [1.807, 2.05) is 0 Å². The predicted octanol–water partition coefficient (Wildman–Crippen LogP) is 3.34. The Morgan fingerprint density at radius 3 is 2.30 bits per heavy atom. The van der Waals surface area contributed by atoms with E-state index in [2.05, 4.69) is 20.4 Å². The molecule has 0 saturated carbocycles. The maximum Gasteiger partial charge on any atom is 0.101 e. The van der Waals surface area contributed by atoms with Gasteiger partial charge in [-0.15, -0.1) is 0 Å². The van der Waals surface area contributed by atoms with Gasteiger partial charge in [0.2, 0.25) is 0 Å². The second-order valence-corrected chi connectivity index (χ2v) is 2.95. The summed E-state index contributed by atoms with van der Waals surface area (Å²) in [4.78, 5) is 0. The molecule has 0 fully saturated rings. The number of halogens is 1. The van der Waals surface area contributed by atoms with Gasteiger partial charge in [0.25, 0.3) is 0 Å². The molecule has 0 aliphatic carbocycles. The van der Waals surface area contributed by atoms with Gasteiger partial charge in [0.15, 0.2) is 0 Å². The van der Waals surface area contributed by atoms with E-state index in [1.54, 1.807) is 6.92 Å². The van der Waals surface area contributed by atoms with Gasteiger partial charge in [-0.3, -0.25) is 0 Å². The van der Waals surface area contributed by atoms with Crippen molar-refractivity contribution < 1.29 is 4.39 Å². The highest BCUT2D eigenvalue weighted by Gasteiger charge is 2.07. The summed E-state index contributed by atoms with van der Waals surface area (Å²) in [6.45, 7) is 9.59. The Kier molecular flexibility index (Phi) is 4.33. The van der Waals surface area contributed by atoms with Gasteiger partial charge < -0.3 is 0 Å². The van der Waals surface area contributed by atoms with Crippen LogP contribution in [0.15, 0.2) is 12.2 Å². The Hall–Kier alpha value is -0.330. The molecular weight excluding hydrogens is 127 g/mol. The van der Waals surface area contributed by atoms with Gasteiger partial charge >= 0.3 is 0 Å². The maximum absolute atomic E-state index is 12.4. The first kappa shape index (κ1) is 9.67. The lowest BCUT2D eigenvalue weighted by Crippen LogP contribution is -2.02. The molecule has 0 aliphatic rings. The Labute approximate surface area is 63.1 Å². The molecule has 60 valence electrons. The number of rotatable bonds is 4. The van der Waals surface area contributed by atoms with Crippen LogP contribution in [-0.4, -0.2) is 6.17 Å². The molecule has 0 spiro atoms. The molecule has 0 aliphatic heterocycles. The normalized spacial score (nSPS) is 16.4. The average molecular weight is 144 g/mol. The minimum absolute atomic E-state index is 0.471. The fraction of sp³-hybridized carbons (Fsp3) is 0.778. The largest absolute Gasteiger partial charge is 0.247 e. The highest BCUT2D eigenvalue weighted by Crippen LogP contribution is 2.18. The van der Waals surface area contributed by atoms with Crippen LogP contribution in [-0.2, 0) is 0 Å². The second-order valence-electron chi connectivity index (χ2n) is 2.95. The lowest BCUT2D eigenvalue weighted by atomic mass is 9.96. The van der Waals surface area contributed by atoms with Gasteiger partial charge in [0.1, 0.15) is 6.17 Å². The van der Waals surface area contributed by atoms with Crippen LogP contribution in [0.2, 0.25) is 0 Å². The quantitative estimate of drug-likeness (QED) is 0.531. The zero-order valence-corrected chi connectivity index (χ0v) is 7.15. The van der Waals surface area contributed by atoms with Crippen LogP contribution in [0.4, 0.5) is 4.39 Å². The van der Waals surface area contributed by atoms with Crippen LogP contribution in [0.3, 0.4) is 0 Å². The fourth-order valence-electron chi connectivity index (χ4n) is 0.851. The van der Waals surface area contributed by atoms with Gasteiger partial charge in [-0.1, -0.05) is 26.0 Å². The summed E-state index contributed by atoms with van der Waals surface area (Å²) in [5.74, 6) is 0.471. The van der Waals surface area contributed by atoms with Crippen molar-refractivity contribution in [2.45, 2.75) is 39.8 Å². The lowest BCUT2D eigenvalue weighted by molar-refractivity contribution is 0.350. The summed E-state index contributed by atoms with van der Waals surface area (Å²) in [5.41, 5.74) is 1.04. The standard InChI is InChI=1S/C9H17F/c1-5-7(2)8(3)6-9(4)10/h7,9H,3,5-6H2,1-2,4H3/t7-,9?/m0/s1. The highest BCUT2D eigenvalue weighted by atomic mass is 19.1. The SMILES string of the molecule is C=C(CC(C)F)[C@@H](C)CC. The zero-order chi connectivity index (χ0) is 8.15. The second kappa shape index (κ2) is 4.48. The van der Waals surface area contributed by atoms with Crippen molar-refractivity contribution >= 4 is 0 Å². The number of hydrogen-bond donors (Lipinski definition) is 0. The minimum atomic E-state index is -0.735.